The molecule has 2 aliphatic heterocycles. The normalized spacial score (nSPS) is 30.8. The largest absolute Gasteiger partial charge is 0.463 e. The van der Waals surface area contributed by atoms with Crippen molar-refractivity contribution in [2.75, 3.05) is 6.61 Å². The van der Waals surface area contributed by atoms with Crippen molar-refractivity contribution in [1.29, 1.82) is 0 Å². The van der Waals surface area contributed by atoms with Crippen LogP contribution in [0.1, 0.15) is 50.5 Å². The van der Waals surface area contributed by atoms with Gasteiger partial charge in [0.2, 0.25) is 12.2 Å². The Morgan fingerprint density at radius 2 is 1.88 bits per heavy atom. The number of fused-ring (bicyclic) bond motifs is 1. The van der Waals surface area contributed by atoms with E-state index < -0.39 is 36.9 Å². The van der Waals surface area contributed by atoms with Crippen molar-refractivity contribution < 1.29 is 28.8 Å². The first-order valence-corrected chi connectivity index (χ1v) is 11.2. The Morgan fingerprint density at radius 1 is 1.16 bits per heavy atom. The molecule has 0 aliphatic carbocycles. The summed E-state index contributed by atoms with van der Waals surface area (Å²) in [7, 11) is 0. The predicted octanol–water partition coefficient (Wildman–Crippen LogP) is 3.28. The quantitative estimate of drug-likeness (QED) is 0.716. The topological polar surface area (TPSA) is 86.2 Å². The van der Waals surface area contributed by atoms with E-state index in [4.69, 9.17) is 18.9 Å². The van der Waals surface area contributed by atoms with Crippen molar-refractivity contribution in [3.8, 4) is 5.75 Å². The maximum absolute atomic E-state index is 11.9. The number of benzene rings is 2. The van der Waals surface area contributed by atoms with E-state index in [-0.39, 0.29) is 12.5 Å². The van der Waals surface area contributed by atoms with Crippen LogP contribution in [0.3, 0.4) is 0 Å². The fourth-order valence-corrected chi connectivity index (χ4v) is 4.11. The molecule has 0 spiro atoms. The number of carbonyl (C=O) groups excluding carboxylic acids is 1. The van der Waals surface area contributed by atoms with Crippen LogP contribution in [-0.2, 0) is 19.0 Å². The molecular formula is C25H31NO6. The van der Waals surface area contributed by atoms with E-state index in [0.717, 1.165) is 12.0 Å². The number of carbonyl (C=O) groups is 1. The highest BCUT2D eigenvalue weighted by atomic mass is 16.7. The summed E-state index contributed by atoms with van der Waals surface area (Å²) in [6.45, 7) is 5.96. The molecule has 0 aromatic heterocycles. The smallest absolute Gasteiger partial charge is 0.223 e. The highest BCUT2D eigenvalue weighted by Gasteiger charge is 2.50. The minimum absolute atomic E-state index is 0.237. The average molecular weight is 442 g/mol. The molecule has 2 aromatic carbocycles. The van der Waals surface area contributed by atoms with Crippen LogP contribution in [0.15, 0.2) is 54.6 Å². The highest BCUT2D eigenvalue weighted by Crippen LogP contribution is 2.35. The van der Waals surface area contributed by atoms with Gasteiger partial charge in [0, 0.05) is 12.5 Å². The standard InChI is InChI=1S/C25H31NO6/c1-4-15(2)17-10-12-19(13-11-17)30-25-21(26-16(3)27)22(28)23-20(31-25)14-29-24(32-23)18-8-6-5-7-9-18/h5-13,15,20-25,28H,4,14H2,1-3H3,(H,26,27)/t15-,20+,21+,22+,23+,24-,25+/m0/s1. The Bertz CT molecular complexity index is 889. The van der Waals surface area contributed by atoms with E-state index in [9.17, 15) is 9.90 Å². The molecule has 0 saturated carbocycles. The Morgan fingerprint density at radius 3 is 2.53 bits per heavy atom. The van der Waals surface area contributed by atoms with Crippen LogP contribution in [0.2, 0.25) is 0 Å². The van der Waals surface area contributed by atoms with Gasteiger partial charge in [-0.1, -0.05) is 56.3 Å². The molecule has 0 bridgehead atoms. The first kappa shape index (κ1) is 22.7. The summed E-state index contributed by atoms with van der Waals surface area (Å²) in [5.41, 5.74) is 2.08. The lowest BCUT2D eigenvalue weighted by atomic mass is 9.95. The summed E-state index contributed by atoms with van der Waals surface area (Å²) in [6.07, 6.45) is -2.67. The second-order valence-electron chi connectivity index (χ2n) is 8.43. The molecule has 2 fully saturated rings. The molecule has 2 N–H and O–H groups in total. The summed E-state index contributed by atoms with van der Waals surface area (Å²) in [5.74, 6) is 0.769. The van der Waals surface area contributed by atoms with Crippen molar-refractivity contribution in [3.63, 3.8) is 0 Å². The molecule has 7 atom stereocenters. The number of amides is 1. The second-order valence-corrected chi connectivity index (χ2v) is 8.43. The zero-order valence-electron chi connectivity index (χ0n) is 18.6. The lowest BCUT2D eigenvalue weighted by molar-refractivity contribution is -0.333. The van der Waals surface area contributed by atoms with Crippen LogP contribution in [0.25, 0.3) is 0 Å². The molecule has 7 heteroatoms. The zero-order valence-corrected chi connectivity index (χ0v) is 18.6. The van der Waals surface area contributed by atoms with E-state index >= 15 is 0 Å². The zero-order chi connectivity index (χ0) is 22.7. The molecule has 4 rings (SSSR count). The third-order valence-corrected chi connectivity index (χ3v) is 6.12. The Balaban J connectivity index is 1.50. The number of aliphatic hydroxyl groups excluding tert-OH is 1. The van der Waals surface area contributed by atoms with Gasteiger partial charge < -0.3 is 29.4 Å². The van der Waals surface area contributed by atoms with Gasteiger partial charge in [0.25, 0.3) is 0 Å². The molecule has 32 heavy (non-hydrogen) atoms. The van der Waals surface area contributed by atoms with Crippen LogP contribution in [0, 0.1) is 0 Å². The Hall–Kier alpha value is -2.45. The summed E-state index contributed by atoms with van der Waals surface area (Å²) >= 11 is 0. The molecule has 1 amide bonds. The van der Waals surface area contributed by atoms with Crippen molar-refractivity contribution in [2.45, 2.75) is 70.0 Å². The van der Waals surface area contributed by atoms with Crippen LogP contribution in [-0.4, -0.2) is 48.3 Å². The molecule has 7 nitrogen and oxygen atoms in total. The van der Waals surface area contributed by atoms with E-state index in [0.29, 0.717) is 11.7 Å². The van der Waals surface area contributed by atoms with Crippen molar-refractivity contribution in [2.24, 2.45) is 0 Å². The third kappa shape index (κ3) is 4.96. The van der Waals surface area contributed by atoms with Gasteiger partial charge in [-0.2, -0.15) is 0 Å². The number of rotatable bonds is 6. The van der Waals surface area contributed by atoms with Gasteiger partial charge in [0.05, 0.1) is 6.61 Å². The lowest BCUT2D eigenvalue weighted by Crippen LogP contribution is -2.67. The fourth-order valence-electron chi connectivity index (χ4n) is 4.11. The monoisotopic (exact) mass is 441 g/mol. The van der Waals surface area contributed by atoms with Gasteiger partial charge in [-0.3, -0.25) is 4.79 Å². The number of hydrogen-bond acceptors (Lipinski definition) is 6. The highest BCUT2D eigenvalue weighted by molar-refractivity contribution is 5.73. The van der Waals surface area contributed by atoms with Crippen molar-refractivity contribution >= 4 is 5.91 Å². The van der Waals surface area contributed by atoms with Crippen LogP contribution >= 0.6 is 0 Å². The number of hydrogen-bond donors (Lipinski definition) is 2. The minimum Gasteiger partial charge on any atom is -0.463 e. The average Bonchev–Trinajstić information content (AvgIpc) is 2.82. The summed E-state index contributed by atoms with van der Waals surface area (Å²) < 4.78 is 24.1. The van der Waals surface area contributed by atoms with Gasteiger partial charge in [-0.15, -0.1) is 0 Å². The molecule has 2 aromatic rings. The lowest BCUT2D eigenvalue weighted by Gasteiger charge is -2.47. The van der Waals surface area contributed by atoms with E-state index in [1.807, 2.05) is 54.6 Å². The molecule has 0 radical (unpaired) electrons. The Labute approximate surface area is 188 Å². The van der Waals surface area contributed by atoms with E-state index in [1.54, 1.807) is 0 Å². The van der Waals surface area contributed by atoms with E-state index in [1.165, 1.54) is 12.5 Å². The predicted molar refractivity (Wildman–Crippen MR) is 118 cm³/mol. The minimum atomic E-state index is -1.03. The molecule has 2 aliphatic rings. The van der Waals surface area contributed by atoms with Crippen LogP contribution in [0.5, 0.6) is 5.75 Å². The van der Waals surface area contributed by atoms with Gasteiger partial charge in [-0.25, -0.2) is 0 Å². The van der Waals surface area contributed by atoms with Crippen LogP contribution in [0.4, 0.5) is 0 Å². The molecule has 172 valence electrons. The number of aliphatic hydroxyl groups is 1. The van der Waals surface area contributed by atoms with Crippen molar-refractivity contribution in [3.05, 3.63) is 65.7 Å². The Kier molecular flexibility index (Phi) is 7.10. The SMILES string of the molecule is CC[C@H](C)c1ccc(O[C@@H]2O[C@@H]3CO[C@H](c4ccccc4)O[C@H]3[C@H](O)[C@H]2NC(C)=O)cc1. The van der Waals surface area contributed by atoms with E-state index in [2.05, 4.69) is 19.2 Å². The molecule has 2 saturated heterocycles. The molecular weight excluding hydrogens is 410 g/mol. The maximum Gasteiger partial charge on any atom is 0.223 e. The van der Waals surface area contributed by atoms with Crippen molar-refractivity contribution in [1.82, 2.24) is 5.32 Å². The fraction of sp³-hybridized carbons (Fsp3) is 0.480. The molecule has 2 heterocycles. The number of ether oxygens (including phenoxy) is 4. The van der Waals surface area contributed by atoms with Gasteiger partial charge in [0.1, 0.15) is 30.1 Å². The van der Waals surface area contributed by atoms with Gasteiger partial charge in [-0.05, 0) is 30.0 Å². The first-order chi connectivity index (χ1) is 15.5. The molecule has 0 unspecified atom stereocenters. The first-order valence-electron chi connectivity index (χ1n) is 11.2. The second kappa shape index (κ2) is 10.0. The van der Waals surface area contributed by atoms with Gasteiger partial charge >= 0.3 is 0 Å². The maximum atomic E-state index is 11.9. The van der Waals surface area contributed by atoms with Crippen LogP contribution < -0.4 is 10.1 Å². The summed E-state index contributed by atoms with van der Waals surface area (Å²) in [4.78, 5) is 11.9. The number of nitrogens with one attached hydrogen (secondary N) is 1. The third-order valence-electron chi connectivity index (χ3n) is 6.12. The summed E-state index contributed by atoms with van der Waals surface area (Å²) in [5, 5.41) is 13.9. The summed E-state index contributed by atoms with van der Waals surface area (Å²) in [6, 6.07) is 16.5. The van der Waals surface area contributed by atoms with Gasteiger partial charge in [0.15, 0.2) is 6.29 Å².